The second-order valence-electron chi connectivity index (χ2n) is 4.69. The van der Waals surface area contributed by atoms with E-state index in [1.807, 2.05) is 29.9 Å². The van der Waals surface area contributed by atoms with Crippen LogP contribution in [0.1, 0.15) is 31.9 Å². The van der Waals surface area contributed by atoms with Gasteiger partial charge in [-0.2, -0.15) is 0 Å². The monoisotopic (exact) mass is 261 g/mol. The molecule has 0 bridgehead atoms. The van der Waals surface area contributed by atoms with E-state index in [1.54, 1.807) is 6.20 Å². The Bertz CT molecular complexity index is 548. The van der Waals surface area contributed by atoms with Gasteiger partial charge in [-0.05, 0) is 38.1 Å². The summed E-state index contributed by atoms with van der Waals surface area (Å²) in [5.41, 5.74) is 1.63. The van der Waals surface area contributed by atoms with E-state index in [2.05, 4.69) is 24.1 Å². The number of nitrogens with one attached hydrogen (secondary N) is 1. The Kier molecular flexibility index (Phi) is 4.32. The van der Waals surface area contributed by atoms with Gasteiger partial charge in [-0.3, -0.25) is 0 Å². The molecule has 1 unspecified atom stereocenters. The molecule has 1 heterocycles. The number of imidazole rings is 1. The van der Waals surface area contributed by atoms with Gasteiger partial charge in [0.15, 0.2) is 0 Å². The number of hydrogen-bond donors (Lipinski definition) is 1. The van der Waals surface area contributed by atoms with Gasteiger partial charge in [-0.15, -0.1) is 0 Å². The number of rotatable bonds is 5. The second kappa shape index (κ2) is 5.97. The Hall–Kier alpha value is -1.68. The van der Waals surface area contributed by atoms with E-state index >= 15 is 0 Å². The molecule has 19 heavy (non-hydrogen) atoms. The van der Waals surface area contributed by atoms with Crippen molar-refractivity contribution in [1.82, 2.24) is 14.9 Å². The highest BCUT2D eigenvalue weighted by atomic mass is 19.1. The molecule has 1 aromatic carbocycles. The standard InChI is InChI=1S/C15H20FN3/c1-4-8-19-9-7-18-15(19)13-10-12(11(2)17-3)5-6-14(13)16/h5-7,9-11,17H,4,8H2,1-3H3. The maximum atomic E-state index is 14.0. The first-order valence-electron chi connectivity index (χ1n) is 6.65. The van der Waals surface area contributed by atoms with Gasteiger partial charge in [0.05, 0.1) is 5.56 Å². The summed E-state index contributed by atoms with van der Waals surface area (Å²) in [4.78, 5) is 4.29. The molecule has 0 radical (unpaired) electrons. The second-order valence-corrected chi connectivity index (χ2v) is 4.69. The average molecular weight is 261 g/mol. The quantitative estimate of drug-likeness (QED) is 0.894. The third-order valence-corrected chi connectivity index (χ3v) is 3.34. The number of benzene rings is 1. The van der Waals surface area contributed by atoms with Crippen LogP contribution < -0.4 is 5.32 Å². The van der Waals surface area contributed by atoms with Crippen molar-refractivity contribution < 1.29 is 4.39 Å². The average Bonchev–Trinajstić information content (AvgIpc) is 2.87. The highest BCUT2D eigenvalue weighted by Gasteiger charge is 2.13. The van der Waals surface area contributed by atoms with Crippen LogP contribution in [-0.4, -0.2) is 16.6 Å². The lowest BCUT2D eigenvalue weighted by Gasteiger charge is -2.13. The van der Waals surface area contributed by atoms with E-state index in [4.69, 9.17) is 0 Å². The molecule has 0 amide bonds. The molecule has 3 nitrogen and oxygen atoms in total. The molecular weight excluding hydrogens is 241 g/mol. The summed E-state index contributed by atoms with van der Waals surface area (Å²) in [5, 5.41) is 3.16. The van der Waals surface area contributed by atoms with Crippen LogP contribution in [0, 0.1) is 5.82 Å². The fraction of sp³-hybridized carbons (Fsp3) is 0.400. The first kappa shape index (κ1) is 13.7. The third-order valence-electron chi connectivity index (χ3n) is 3.34. The normalized spacial score (nSPS) is 12.6. The van der Waals surface area contributed by atoms with Crippen LogP contribution in [0.2, 0.25) is 0 Å². The summed E-state index contributed by atoms with van der Waals surface area (Å²) in [6.45, 7) is 5.00. The minimum atomic E-state index is -0.226. The molecule has 4 heteroatoms. The van der Waals surface area contributed by atoms with Crippen molar-refractivity contribution in [3.63, 3.8) is 0 Å². The Balaban J connectivity index is 2.45. The van der Waals surface area contributed by atoms with Crippen molar-refractivity contribution in [3.05, 3.63) is 42.0 Å². The summed E-state index contributed by atoms with van der Waals surface area (Å²) in [6, 6.07) is 5.40. The Labute approximate surface area is 113 Å². The Morgan fingerprint density at radius 1 is 1.42 bits per heavy atom. The van der Waals surface area contributed by atoms with Gasteiger partial charge in [-0.1, -0.05) is 13.0 Å². The van der Waals surface area contributed by atoms with Gasteiger partial charge in [0.1, 0.15) is 11.6 Å². The largest absolute Gasteiger partial charge is 0.331 e. The van der Waals surface area contributed by atoms with Crippen LogP contribution in [0.25, 0.3) is 11.4 Å². The molecule has 0 saturated heterocycles. The number of aryl methyl sites for hydroxylation is 1. The lowest BCUT2D eigenvalue weighted by molar-refractivity contribution is 0.616. The smallest absolute Gasteiger partial charge is 0.142 e. The van der Waals surface area contributed by atoms with E-state index in [9.17, 15) is 4.39 Å². The number of aromatic nitrogens is 2. The van der Waals surface area contributed by atoms with Crippen LogP contribution in [-0.2, 0) is 6.54 Å². The first-order chi connectivity index (χ1) is 9.17. The minimum Gasteiger partial charge on any atom is -0.331 e. The fourth-order valence-corrected chi connectivity index (χ4v) is 2.13. The molecule has 0 spiro atoms. The summed E-state index contributed by atoms with van der Waals surface area (Å²) in [7, 11) is 1.89. The van der Waals surface area contributed by atoms with Crippen molar-refractivity contribution in [2.24, 2.45) is 0 Å². The van der Waals surface area contributed by atoms with Crippen molar-refractivity contribution in [2.75, 3.05) is 7.05 Å². The van der Waals surface area contributed by atoms with Crippen molar-refractivity contribution in [3.8, 4) is 11.4 Å². The molecule has 0 saturated carbocycles. The van der Waals surface area contributed by atoms with Crippen LogP contribution in [0.5, 0.6) is 0 Å². The van der Waals surface area contributed by atoms with Crippen LogP contribution in [0.15, 0.2) is 30.6 Å². The van der Waals surface area contributed by atoms with Crippen molar-refractivity contribution in [1.29, 1.82) is 0 Å². The molecule has 0 aliphatic rings. The van der Waals surface area contributed by atoms with Gasteiger partial charge in [0.2, 0.25) is 0 Å². The predicted octanol–water partition coefficient (Wildman–Crippen LogP) is 3.38. The van der Waals surface area contributed by atoms with Crippen LogP contribution in [0.3, 0.4) is 0 Å². The maximum Gasteiger partial charge on any atom is 0.142 e. The number of halogens is 1. The number of hydrogen-bond acceptors (Lipinski definition) is 2. The zero-order valence-electron chi connectivity index (χ0n) is 11.7. The molecule has 0 fully saturated rings. The molecule has 1 N–H and O–H groups in total. The zero-order chi connectivity index (χ0) is 13.8. The molecule has 1 aromatic heterocycles. The lowest BCUT2D eigenvalue weighted by Crippen LogP contribution is -2.12. The minimum absolute atomic E-state index is 0.189. The van der Waals surface area contributed by atoms with Gasteiger partial charge in [0.25, 0.3) is 0 Å². The summed E-state index contributed by atoms with van der Waals surface area (Å²) < 4.78 is 16.0. The Morgan fingerprint density at radius 3 is 2.89 bits per heavy atom. The van der Waals surface area contributed by atoms with E-state index in [-0.39, 0.29) is 11.9 Å². The maximum absolute atomic E-state index is 14.0. The van der Waals surface area contributed by atoms with Crippen molar-refractivity contribution in [2.45, 2.75) is 32.9 Å². The van der Waals surface area contributed by atoms with E-state index in [0.29, 0.717) is 11.4 Å². The molecule has 102 valence electrons. The van der Waals surface area contributed by atoms with E-state index < -0.39 is 0 Å². The summed E-state index contributed by atoms with van der Waals surface area (Å²) >= 11 is 0. The summed E-state index contributed by atoms with van der Waals surface area (Å²) in [5.74, 6) is 0.472. The van der Waals surface area contributed by atoms with E-state index in [0.717, 1.165) is 18.5 Å². The van der Waals surface area contributed by atoms with Gasteiger partial charge >= 0.3 is 0 Å². The zero-order valence-corrected chi connectivity index (χ0v) is 11.7. The molecule has 0 aliphatic heterocycles. The van der Waals surface area contributed by atoms with E-state index in [1.165, 1.54) is 6.07 Å². The van der Waals surface area contributed by atoms with Gasteiger partial charge in [-0.25, -0.2) is 9.37 Å². The SMILES string of the molecule is CCCn1ccnc1-c1cc(C(C)NC)ccc1F. The van der Waals surface area contributed by atoms with Crippen LogP contribution in [0.4, 0.5) is 4.39 Å². The first-order valence-corrected chi connectivity index (χ1v) is 6.65. The van der Waals surface area contributed by atoms with Gasteiger partial charge < -0.3 is 9.88 Å². The van der Waals surface area contributed by atoms with Crippen molar-refractivity contribution >= 4 is 0 Å². The highest BCUT2D eigenvalue weighted by molar-refractivity contribution is 5.58. The Morgan fingerprint density at radius 2 is 2.21 bits per heavy atom. The topological polar surface area (TPSA) is 29.9 Å². The third kappa shape index (κ3) is 2.84. The van der Waals surface area contributed by atoms with Crippen LogP contribution >= 0.6 is 0 Å². The molecule has 2 rings (SSSR count). The lowest BCUT2D eigenvalue weighted by atomic mass is 10.0. The fourth-order valence-electron chi connectivity index (χ4n) is 2.13. The molecular formula is C15H20FN3. The molecule has 1 atom stereocenters. The predicted molar refractivity (Wildman–Crippen MR) is 75.4 cm³/mol. The number of nitrogens with zero attached hydrogens (tertiary/aromatic N) is 2. The summed E-state index contributed by atoms with van der Waals surface area (Å²) in [6.07, 6.45) is 4.61. The highest BCUT2D eigenvalue weighted by Crippen LogP contribution is 2.25. The molecule has 2 aromatic rings. The molecule has 0 aliphatic carbocycles. The van der Waals surface area contributed by atoms with Gasteiger partial charge in [0, 0.05) is 25.0 Å².